The molecule has 1 aromatic heterocycles. The minimum absolute atomic E-state index is 0.0904. The van der Waals surface area contributed by atoms with E-state index in [0.717, 1.165) is 0 Å². The molecule has 1 aromatic rings. The average molecular weight is 290 g/mol. The third-order valence-electron chi connectivity index (χ3n) is 3.75. The van der Waals surface area contributed by atoms with Gasteiger partial charge in [0.25, 0.3) is 0 Å². The van der Waals surface area contributed by atoms with Crippen molar-refractivity contribution >= 4 is 17.6 Å². The molecule has 0 amide bonds. The summed E-state index contributed by atoms with van der Waals surface area (Å²) in [7, 11) is 0. The Morgan fingerprint density at radius 1 is 1.32 bits per heavy atom. The van der Waals surface area contributed by atoms with Crippen LogP contribution in [0.15, 0.2) is 12.1 Å². The van der Waals surface area contributed by atoms with Crippen molar-refractivity contribution in [1.29, 1.82) is 0 Å². The van der Waals surface area contributed by atoms with Crippen LogP contribution in [0.1, 0.15) is 36.9 Å². The molecular weight excluding hydrogens is 276 g/mol. The van der Waals surface area contributed by atoms with E-state index in [1.54, 1.807) is 19.1 Å². The highest BCUT2D eigenvalue weighted by Gasteiger charge is 2.50. The van der Waals surface area contributed by atoms with Gasteiger partial charge < -0.3 is 5.11 Å². The van der Waals surface area contributed by atoms with Crippen LogP contribution in [-0.4, -0.2) is 22.0 Å². The molecule has 0 atom stereocenters. The summed E-state index contributed by atoms with van der Waals surface area (Å²) in [6.07, 6.45) is -1.13. The molecule has 19 heavy (non-hydrogen) atoms. The van der Waals surface area contributed by atoms with Crippen molar-refractivity contribution in [3.63, 3.8) is 0 Å². The summed E-state index contributed by atoms with van der Waals surface area (Å²) in [5.41, 5.74) is -0.349. The second-order valence-corrected chi connectivity index (χ2v) is 5.39. The van der Waals surface area contributed by atoms with Gasteiger partial charge in [-0.05, 0) is 25.8 Å². The first-order chi connectivity index (χ1) is 8.77. The molecule has 2 rings (SSSR count). The lowest BCUT2D eigenvalue weighted by Crippen LogP contribution is -2.43. The molecule has 0 radical (unpaired) electrons. The van der Waals surface area contributed by atoms with Gasteiger partial charge in [-0.15, -0.1) is 0 Å². The zero-order valence-corrected chi connectivity index (χ0v) is 11.2. The fraction of sp³-hybridized carbons (Fsp3) is 0.538. The summed E-state index contributed by atoms with van der Waals surface area (Å²) in [5.74, 6) is -3.90. The molecule has 0 spiro atoms. The number of carbonyl (C=O) groups is 1. The molecule has 1 saturated carbocycles. The maximum Gasteiger partial charge on any atom is 0.314 e. The number of halogens is 3. The number of carboxylic acids is 1. The predicted molar refractivity (Wildman–Crippen MR) is 66.7 cm³/mol. The Labute approximate surface area is 114 Å². The lowest BCUT2D eigenvalue weighted by atomic mass is 9.69. The maximum absolute atomic E-state index is 13.3. The Balaban J connectivity index is 2.44. The summed E-state index contributed by atoms with van der Waals surface area (Å²) < 4.78 is 26.5. The molecule has 1 aliphatic carbocycles. The molecule has 1 fully saturated rings. The molecule has 3 nitrogen and oxygen atoms in total. The molecule has 0 saturated heterocycles. The molecular formula is C13H14ClF2NO2. The molecule has 0 bridgehead atoms. The number of aliphatic carboxylic acids is 1. The Kier molecular flexibility index (Phi) is 3.51. The van der Waals surface area contributed by atoms with Gasteiger partial charge in [0.15, 0.2) is 0 Å². The highest BCUT2D eigenvalue weighted by atomic mass is 35.5. The number of carboxylic acid groups (broad SMARTS) is 1. The molecule has 0 aromatic carbocycles. The Hall–Kier alpha value is -1.23. The van der Waals surface area contributed by atoms with Crippen molar-refractivity contribution in [2.24, 2.45) is 0 Å². The second kappa shape index (κ2) is 4.71. The van der Waals surface area contributed by atoms with Crippen molar-refractivity contribution in [1.82, 2.24) is 4.98 Å². The number of nitrogens with zero attached hydrogens (tertiary/aromatic N) is 1. The number of rotatable bonds is 2. The lowest BCUT2D eigenvalue weighted by molar-refractivity contribution is -0.149. The van der Waals surface area contributed by atoms with E-state index in [1.165, 1.54) is 0 Å². The van der Waals surface area contributed by atoms with Crippen LogP contribution in [0.5, 0.6) is 0 Å². The van der Waals surface area contributed by atoms with Gasteiger partial charge in [0, 0.05) is 24.1 Å². The summed E-state index contributed by atoms with van der Waals surface area (Å²) >= 11 is 6.01. The van der Waals surface area contributed by atoms with E-state index in [4.69, 9.17) is 11.6 Å². The zero-order valence-electron chi connectivity index (χ0n) is 10.4. The van der Waals surface area contributed by atoms with Crippen LogP contribution in [0, 0.1) is 6.92 Å². The zero-order chi connectivity index (χ0) is 14.3. The first-order valence-electron chi connectivity index (χ1n) is 6.02. The third-order valence-corrected chi connectivity index (χ3v) is 4.04. The van der Waals surface area contributed by atoms with E-state index in [9.17, 15) is 18.7 Å². The number of alkyl halides is 2. The molecule has 6 heteroatoms. The van der Waals surface area contributed by atoms with Gasteiger partial charge in [-0.1, -0.05) is 17.7 Å². The number of hydrogen-bond acceptors (Lipinski definition) is 2. The van der Waals surface area contributed by atoms with Crippen molar-refractivity contribution in [2.75, 3.05) is 0 Å². The largest absolute Gasteiger partial charge is 0.481 e. The smallest absolute Gasteiger partial charge is 0.314 e. The summed E-state index contributed by atoms with van der Waals surface area (Å²) in [6, 6.07) is 3.24. The third kappa shape index (κ3) is 2.56. The van der Waals surface area contributed by atoms with E-state index in [2.05, 4.69) is 4.98 Å². The van der Waals surface area contributed by atoms with Crippen molar-refractivity contribution in [2.45, 2.75) is 43.9 Å². The van der Waals surface area contributed by atoms with Crippen LogP contribution in [0.25, 0.3) is 0 Å². The molecule has 1 N–H and O–H groups in total. The minimum atomic E-state index is -2.79. The van der Waals surface area contributed by atoms with Gasteiger partial charge in [0.05, 0.1) is 5.41 Å². The van der Waals surface area contributed by atoms with E-state index in [-0.39, 0.29) is 18.0 Å². The molecule has 1 heterocycles. The fourth-order valence-corrected chi connectivity index (χ4v) is 2.90. The number of pyridine rings is 1. The van der Waals surface area contributed by atoms with Crippen LogP contribution in [0.2, 0.25) is 5.15 Å². The molecule has 0 aliphatic heterocycles. The highest BCUT2D eigenvalue weighted by Crippen LogP contribution is 2.47. The standard InChI is InChI=1S/C13H14ClF2NO2/c1-8-2-3-9(10(14)17-8)12(11(18)19)4-6-13(15,16)7-5-12/h2-3H,4-7H2,1H3,(H,18,19). The van der Waals surface area contributed by atoms with Gasteiger partial charge in [0.2, 0.25) is 5.92 Å². The van der Waals surface area contributed by atoms with E-state index < -0.39 is 30.1 Å². The SMILES string of the molecule is Cc1ccc(C2(C(=O)O)CCC(F)(F)CC2)c(Cl)n1. The number of aryl methyl sites for hydroxylation is 1. The van der Waals surface area contributed by atoms with Crippen molar-refractivity contribution < 1.29 is 18.7 Å². The van der Waals surface area contributed by atoms with Gasteiger partial charge in [-0.25, -0.2) is 13.8 Å². The Morgan fingerprint density at radius 2 is 1.89 bits per heavy atom. The monoisotopic (exact) mass is 289 g/mol. The highest BCUT2D eigenvalue weighted by molar-refractivity contribution is 6.30. The summed E-state index contributed by atoms with van der Waals surface area (Å²) in [5, 5.41) is 9.57. The second-order valence-electron chi connectivity index (χ2n) is 5.03. The van der Waals surface area contributed by atoms with E-state index in [1.807, 2.05) is 0 Å². The Bertz CT molecular complexity index is 509. The quantitative estimate of drug-likeness (QED) is 0.847. The van der Waals surface area contributed by atoms with E-state index >= 15 is 0 Å². The van der Waals surface area contributed by atoms with E-state index in [0.29, 0.717) is 11.3 Å². The topological polar surface area (TPSA) is 50.2 Å². The van der Waals surface area contributed by atoms with Gasteiger partial charge in [-0.3, -0.25) is 4.79 Å². The predicted octanol–water partition coefficient (Wildman–Crippen LogP) is 3.58. The number of aromatic nitrogens is 1. The molecule has 1 aliphatic rings. The van der Waals surface area contributed by atoms with Crippen LogP contribution >= 0.6 is 11.6 Å². The van der Waals surface area contributed by atoms with Crippen LogP contribution in [0.3, 0.4) is 0 Å². The van der Waals surface area contributed by atoms with Crippen LogP contribution in [0.4, 0.5) is 8.78 Å². The normalized spacial score (nSPS) is 21.1. The lowest BCUT2D eigenvalue weighted by Gasteiger charge is -2.37. The first-order valence-corrected chi connectivity index (χ1v) is 6.39. The minimum Gasteiger partial charge on any atom is -0.481 e. The van der Waals surface area contributed by atoms with Crippen molar-refractivity contribution in [3.8, 4) is 0 Å². The Morgan fingerprint density at radius 3 is 2.37 bits per heavy atom. The van der Waals surface area contributed by atoms with Gasteiger partial charge >= 0.3 is 5.97 Å². The summed E-state index contributed by atoms with van der Waals surface area (Å²) in [6.45, 7) is 1.73. The summed E-state index contributed by atoms with van der Waals surface area (Å²) in [4.78, 5) is 15.6. The average Bonchev–Trinajstić information content (AvgIpc) is 2.30. The molecule has 104 valence electrons. The van der Waals surface area contributed by atoms with Gasteiger partial charge in [-0.2, -0.15) is 0 Å². The molecule has 0 unspecified atom stereocenters. The van der Waals surface area contributed by atoms with Gasteiger partial charge in [0.1, 0.15) is 5.15 Å². The number of hydrogen-bond donors (Lipinski definition) is 1. The van der Waals surface area contributed by atoms with Crippen molar-refractivity contribution in [3.05, 3.63) is 28.5 Å². The van der Waals surface area contributed by atoms with Crippen LogP contribution in [-0.2, 0) is 10.2 Å². The van der Waals surface area contributed by atoms with Crippen LogP contribution < -0.4 is 0 Å². The fourth-order valence-electron chi connectivity index (χ4n) is 2.52. The maximum atomic E-state index is 13.3. The first kappa shape index (κ1) is 14.2.